The van der Waals surface area contributed by atoms with Crippen molar-refractivity contribution in [3.05, 3.63) is 71.7 Å². The van der Waals surface area contributed by atoms with Gasteiger partial charge in [-0.3, -0.25) is 4.79 Å². The van der Waals surface area contributed by atoms with Crippen LogP contribution in [0.5, 0.6) is 0 Å². The molecule has 1 fully saturated rings. The fraction of sp³-hybridized carbons (Fsp3) is 0.292. The van der Waals surface area contributed by atoms with Crippen LogP contribution in [-0.2, 0) is 0 Å². The van der Waals surface area contributed by atoms with Crippen molar-refractivity contribution in [1.82, 2.24) is 4.90 Å². The average molecular weight is 407 g/mol. The maximum atomic E-state index is 13.9. The molecular formula is C24H26FN3O2. The van der Waals surface area contributed by atoms with Crippen molar-refractivity contribution in [2.45, 2.75) is 13.8 Å². The molecule has 0 bridgehead atoms. The molecule has 1 amide bonds. The fourth-order valence-corrected chi connectivity index (χ4v) is 3.85. The zero-order chi connectivity index (χ0) is 21.1. The van der Waals surface area contributed by atoms with Gasteiger partial charge in [-0.2, -0.15) is 0 Å². The number of piperazine rings is 1. The highest BCUT2D eigenvalue weighted by atomic mass is 19.1. The van der Waals surface area contributed by atoms with E-state index in [0.29, 0.717) is 17.0 Å². The first kappa shape index (κ1) is 20.2. The lowest BCUT2D eigenvalue weighted by Gasteiger charge is -2.36. The van der Waals surface area contributed by atoms with Crippen molar-refractivity contribution in [2.75, 3.05) is 42.9 Å². The quantitative estimate of drug-likeness (QED) is 0.661. The van der Waals surface area contributed by atoms with E-state index in [0.717, 1.165) is 38.3 Å². The van der Waals surface area contributed by atoms with Crippen LogP contribution in [-0.4, -0.2) is 43.5 Å². The van der Waals surface area contributed by atoms with E-state index in [9.17, 15) is 9.18 Å². The largest absolute Gasteiger partial charge is 0.451 e. The summed E-state index contributed by atoms with van der Waals surface area (Å²) in [6, 6.07) is 15.4. The topological polar surface area (TPSA) is 48.7 Å². The van der Waals surface area contributed by atoms with Gasteiger partial charge in [-0.1, -0.05) is 19.1 Å². The predicted octanol–water partition coefficient (Wildman–Crippen LogP) is 4.79. The maximum absolute atomic E-state index is 13.9. The SMILES string of the molecule is CCN1CCN(c2ccc(NC(=O)c3ccc(-c4ccccc4F)o3)cc2C)CC1. The summed E-state index contributed by atoms with van der Waals surface area (Å²) in [7, 11) is 0. The Kier molecular flexibility index (Phi) is 5.86. The second-order valence-electron chi connectivity index (χ2n) is 7.52. The van der Waals surface area contributed by atoms with E-state index < -0.39 is 0 Å². The Morgan fingerprint density at radius 2 is 1.83 bits per heavy atom. The van der Waals surface area contributed by atoms with Crippen molar-refractivity contribution in [2.24, 2.45) is 0 Å². The number of furan rings is 1. The van der Waals surface area contributed by atoms with E-state index in [-0.39, 0.29) is 17.5 Å². The summed E-state index contributed by atoms with van der Waals surface area (Å²) in [4.78, 5) is 17.4. The number of hydrogen-bond acceptors (Lipinski definition) is 4. The van der Waals surface area contributed by atoms with Gasteiger partial charge >= 0.3 is 0 Å². The van der Waals surface area contributed by atoms with Crippen LogP contribution in [0.1, 0.15) is 23.0 Å². The van der Waals surface area contributed by atoms with Gasteiger partial charge in [0.1, 0.15) is 11.6 Å². The highest BCUT2D eigenvalue weighted by molar-refractivity contribution is 6.02. The molecule has 0 unspecified atom stereocenters. The third-order valence-electron chi connectivity index (χ3n) is 5.58. The molecule has 4 rings (SSSR count). The molecule has 0 spiro atoms. The number of likely N-dealkylation sites (N-methyl/N-ethyl adjacent to an activating group) is 1. The summed E-state index contributed by atoms with van der Waals surface area (Å²) in [5, 5.41) is 2.87. The molecule has 6 heteroatoms. The molecule has 1 aliphatic heterocycles. The van der Waals surface area contributed by atoms with Crippen molar-refractivity contribution < 1.29 is 13.6 Å². The van der Waals surface area contributed by atoms with E-state index in [2.05, 4.69) is 35.0 Å². The molecule has 156 valence electrons. The van der Waals surface area contributed by atoms with Crippen LogP contribution in [0.3, 0.4) is 0 Å². The van der Waals surface area contributed by atoms with E-state index >= 15 is 0 Å². The molecule has 0 aliphatic carbocycles. The lowest BCUT2D eigenvalue weighted by Crippen LogP contribution is -2.46. The normalized spacial score (nSPS) is 14.7. The van der Waals surface area contributed by atoms with Gasteiger partial charge in [0.15, 0.2) is 5.76 Å². The molecule has 1 N–H and O–H groups in total. The number of benzene rings is 2. The zero-order valence-electron chi connectivity index (χ0n) is 17.3. The van der Waals surface area contributed by atoms with Gasteiger partial charge in [-0.05, 0) is 61.5 Å². The molecule has 30 heavy (non-hydrogen) atoms. The molecule has 0 saturated carbocycles. The number of carbonyl (C=O) groups excluding carboxylic acids is 1. The standard InChI is InChI=1S/C24H26FN3O2/c1-3-27-12-14-28(15-13-27)21-9-8-18(16-17(21)2)26-24(29)23-11-10-22(30-23)19-6-4-5-7-20(19)25/h4-11,16H,3,12-15H2,1-2H3,(H,26,29). The molecule has 5 nitrogen and oxygen atoms in total. The zero-order valence-corrected chi connectivity index (χ0v) is 17.3. The molecular weight excluding hydrogens is 381 g/mol. The Labute approximate surface area is 176 Å². The second kappa shape index (κ2) is 8.71. The lowest BCUT2D eigenvalue weighted by molar-refractivity contribution is 0.0997. The summed E-state index contributed by atoms with van der Waals surface area (Å²) in [5.41, 5.74) is 3.35. The molecule has 1 aromatic heterocycles. The number of anilines is 2. The minimum Gasteiger partial charge on any atom is -0.451 e. The molecule has 2 aromatic carbocycles. The van der Waals surface area contributed by atoms with Crippen LogP contribution in [0.25, 0.3) is 11.3 Å². The Balaban J connectivity index is 1.44. The Bertz CT molecular complexity index is 1040. The summed E-state index contributed by atoms with van der Waals surface area (Å²) in [5.74, 6) is -0.271. The van der Waals surface area contributed by atoms with Gasteiger partial charge in [-0.25, -0.2) is 4.39 Å². The Morgan fingerprint density at radius 3 is 2.53 bits per heavy atom. The number of aryl methyl sites for hydroxylation is 1. The minimum absolute atomic E-state index is 0.144. The van der Waals surface area contributed by atoms with Crippen LogP contribution < -0.4 is 10.2 Å². The number of hydrogen-bond donors (Lipinski definition) is 1. The second-order valence-corrected chi connectivity index (χ2v) is 7.52. The van der Waals surface area contributed by atoms with Gasteiger partial charge < -0.3 is 19.5 Å². The van der Waals surface area contributed by atoms with Gasteiger partial charge in [0, 0.05) is 37.6 Å². The number of nitrogens with one attached hydrogen (secondary N) is 1. The first-order chi connectivity index (χ1) is 14.5. The first-order valence-electron chi connectivity index (χ1n) is 10.3. The van der Waals surface area contributed by atoms with Crippen molar-refractivity contribution in [3.63, 3.8) is 0 Å². The average Bonchev–Trinajstić information content (AvgIpc) is 3.24. The van der Waals surface area contributed by atoms with Crippen LogP contribution in [0.2, 0.25) is 0 Å². The summed E-state index contributed by atoms with van der Waals surface area (Å²) < 4.78 is 19.5. The maximum Gasteiger partial charge on any atom is 0.291 e. The smallest absolute Gasteiger partial charge is 0.291 e. The van der Waals surface area contributed by atoms with Gasteiger partial charge in [0.2, 0.25) is 0 Å². The Hall–Kier alpha value is -3.12. The molecule has 1 saturated heterocycles. The summed E-state index contributed by atoms with van der Waals surface area (Å²) in [6.07, 6.45) is 0. The van der Waals surface area contributed by atoms with Crippen LogP contribution >= 0.6 is 0 Å². The third-order valence-corrected chi connectivity index (χ3v) is 5.58. The van der Waals surface area contributed by atoms with E-state index in [1.165, 1.54) is 11.8 Å². The summed E-state index contributed by atoms with van der Waals surface area (Å²) in [6.45, 7) is 9.48. The molecule has 0 atom stereocenters. The third kappa shape index (κ3) is 4.24. The molecule has 3 aromatic rings. The van der Waals surface area contributed by atoms with E-state index in [1.807, 2.05) is 12.1 Å². The van der Waals surface area contributed by atoms with E-state index in [4.69, 9.17) is 4.42 Å². The van der Waals surface area contributed by atoms with Crippen molar-refractivity contribution in [3.8, 4) is 11.3 Å². The number of carbonyl (C=O) groups is 1. The molecule has 0 radical (unpaired) electrons. The van der Waals surface area contributed by atoms with E-state index in [1.54, 1.807) is 30.3 Å². The fourth-order valence-electron chi connectivity index (χ4n) is 3.85. The van der Waals surface area contributed by atoms with Crippen LogP contribution in [0.15, 0.2) is 59.0 Å². The van der Waals surface area contributed by atoms with Gasteiger partial charge in [0.05, 0.1) is 5.56 Å². The lowest BCUT2D eigenvalue weighted by atomic mass is 10.1. The number of amides is 1. The van der Waals surface area contributed by atoms with Crippen molar-refractivity contribution >= 4 is 17.3 Å². The number of nitrogens with zero attached hydrogens (tertiary/aromatic N) is 2. The Morgan fingerprint density at radius 1 is 1.07 bits per heavy atom. The minimum atomic E-state index is -0.384. The molecule has 1 aliphatic rings. The van der Waals surface area contributed by atoms with Crippen molar-refractivity contribution in [1.29, 1.82) is 0 Å². The van der Waals surface area contributed by atoms with Crippen LogP contribution in [0.4, 0.5) is 15.8 Å². The number of rotatable bonds is 5. The van der Waals surface area contributed by atoms with Gasteiger partial charge in [-0.15, -0.1) is 0 Å². The monoisotopic (exact) mass is 407 g/mol. The molecule has 2 heterocycles. The highest BCUT2D eigenvalue weighted by Gasteiger charge is 2.18. The number of halogens is 1. The first-order valence-corrected chi connectivity index (χ1v) is 10.3. The van der Waals surface area contributed by atoms with Crippen LogP contribution in [0, 0.1) is 12.7 Å². The predicted molar refractivity (Wildman–Crippen MR) is 118 cm³/mol. The highest BCUT2D eigenvalue weighted by Crippen LogP contribution is 2.27. The summed E-state index contributed by atoms with van der Waals surface area (Å²) >= 11 is 0. The van der Waals surface area contributed by atoms with Gasteiger partial charge in [0.25, 0.3) is 5.91 Å².